The molecule has 1 aromatic carbocycles. The fourth-order valence-corrected chi connectivity index (χ4v) is 4.81. The number of carbonyl (C=O) groups excluding carboxylic acids is 3. The first kappa shape index (κ1) is 17.4. The SMILES string of the molecule is N#Cc1c(NC(=O)c2ccc(N3C(=O)CCC3=O)cc2)sc2c1CCCC2. The van der Waals surface area contributed by atoms with Gasteiger partial charge in [0.15, 0.2) is 0 Å². The number of nitriles is 1. The molecule has 136 valence electrons. The van der Waals surface area contributed by atoms with Crippen LogP contribution in [0.15, 0.2) is 24.3 Å². The molecule has 7 heteroatoms. The van der Waals surface area contributed by atoms with Gasteiger partial charge in [0.2, 0.25) is 11.8 Å². The van der Waals surface area contributed by atoms with Crippen LogP contribution in [0.5, 0.6) is 0 Å². The number of nitrogens with one attached hydrogen (secondary N) is 1. The average molecular weight is 379 g/mol. The van der Waals surface area contributed by atoms with Crippen LogP contribution in [-0.2, 0) is 22.4 Å². The molecule has 1 fully saturated rings. The van der Waals surface area contributed by atoms with Crippen molar-refractivity contribution in [3.63, 3.8) is 0 Å². The van der Waals surface area contributed by atoms with Gasteiger partial charge < -0.3 is 5.32 Å². The zero-order valence-corrected chi connectivity index (χ0v) is 15.4. The summed E-state index contributed by atoms with van der Waals surface area (Å²) >= 11 is 1.48. The van der Waals surface area contributed by atoms with Crippen LogP contribution in [0.2, 0.25) is 0 Å². The molecule has 1 aliphatic carbocycles. The molecule has 1 aromatic heterocycles. The number of rotatable bonds is 3. The molecule has 0 atom stereocenters. The maximum absolute atomic E-state index is 12.6. The minimum Gasteiger partial charge on any atom is -0.312 e. The van der Waals surface area contributed by atoms with Gasteiger partial charge in [-0.05, 0) is 55.5 Å². The van der Waals surface area contributed by atoms with Gasteiger partial charge in [-0.25, -0.2) is 0 Å². The van der Waals surface area contributed by atoms with Crippen molar-refractivity contribution in [3.05, 3.63) is 45.8 Å². The Morgan fingerprint density at radius 2 is 1.70 bits per heavy atom. The van der Waals surface area contributed by atoms with Crippen molar-refractivity contribution in [1.82, 2.24) is 0 Å². The summed E-state index contributed by atoms with van der Waals surface area (Å²) in [5.74, 6) is -0.754. The van der Waals surface area contributed by atoms with Crippen LogP contribution in [0.1, 0.15) is 52.0 Å². The molecule has 4 rings (SSSR count). The third-order valence-electron chi connectivity index (χ3n) is 4.95. The molecule has 0 spiro atoms. The van der Waals surface area contributed by atoms with Gasteiger partial charge in [0.05, 0.1) is 11.3 Å². The van der Waals surface area contributed by atoms with E-state index in [1.807, 2.05) is 0 Å². The summed E-state index contributed by atoms with van der Waals surface area (Å²) in [5.41, 5.74) is 2.54. The molecule has 2 aliphatic rings. The van der Waals surface area contributed by atoms with E-state index < -0.39 is 0 Å². The topological polar surface area (TPSA) is 90.3 Å². The van der Waals surface area contributed by atoms with Gasteiger partial charge in [0.1, 0.15) is 11.1 Å². The summed E-state index contributed by atoms with van der Waals surface area (Å²) in [7, 11) is 0. The molecule has 6 nitrogen and oxygen atoms in total. The number of hydrogen-bond acceptors (Lipinski definition) is 5. The smallest absolute Gasteiger partial charge is 0.256 e. The Balaban J connectivity index is 1.54. The number of hydrogen-bond donors (Lipinski definition) is 1. The van der Waals surface area contributed by atoms with Gasteiger partial charge in [-0.15, -0.1) is 11.3 Å². The molecular formula is C20H17N3O3S. The zero-order chi connectivity index (χ0) is 19.0. The standard InChI is InChI=1S/C20H17N3O3S/c21-11-15-14-3-1-2-4-16(14)27-20(15)22-19(26)12-5-7-13(8-6-12)23-17(24)9-10-18(23)25/h5-8H,1-4,9-10H2,(H,22,26). The number of nitrogens with zero attached hydrogens (tertiary/aromatic N) is 2. The Kier molecular flexibility index (Phi) is 4.50. The Hall–Kier alpha value is -2.98. The maximum atomic E-state index is 12.6. The molecule has 2 aromatic rings. The van der Waals surface area contributed by atoms with Gasteiger partial charge in [-0.1, -0.05) is 0 Å². The van der Waals surface area contributed by atoms with E-state index in [0.29, 0.717) is 21.8 Å². The molecule has 3 amide bonds. The Morgan fingerprint density at radius 1 is 1.04 bits per heavy atom. The van der Waals surface area contributed by atoms with Crippen LogP contribution in [0.4, 0.5) is 10.7 Å². The lowest BCUT2D eigenvalue weighted by Crippen LogP contribution is -2.28. The van der Waals surface area contributed by atoms with Crippen LogP contribution in [0.25, 0.3) is 0 Å². The van der Waals surface area contributed by atoms with Crippen molar-refractivity contribution in [1.29, 1.82) is 5.26 Å². The summed E-state index contributed by atoms with van der Waals surface area (Å²) in [6.45, 7) is 0. The normalized spacial score (nSPS) is 16.2. The first-order valence-electron chi connectivity index (χ1n) is 8.90. The summed E-state index contributed by atoms with van der Waals surface area (Å²) in [4.78, 5) is 38.6. The van der Waals surface area contributed by atoms with E-state index in [1.165, 1.54) is 16.2 Å². The number of benzene rings is 1. The highest BCUT2D eigenvalue weighted by atomic mass is 32.1. The van der Waals surface area contributed by atoms with Crippen molar-refractivity contribution in [2.75, 3.05) is 10.2 Å². The Morgan fingerprint density at radius 3 is 2.37 bits per heavy atom. The second-order valence-corrected chi connectivity index (χ2v) is 7.76. The first-order chi connectivity index (χ1) is 13.1. The molecular weight excluding hydrogens is 362 g/mol. The quantitative estimate of drug-likeness (QED) is 0.828. The molecule has 1 N–H and O–H groups in total. The van der Waals surface area contributed by atoms with Crippen molar-refractivity contribution in [2.45, 2.75) is 38.5 Å². The number of amides is 3. The summed E-state index contributed by atoms with van der Waals surface area (Å²) in [6.07, 6.45) is 4.47. The van der Waals surface area contributed by atoms with Gasteiger partial charge in [0, 0.05) is 23.3 Å². The fourth-order valence-electron chi connectivity index (χ4n) is 3.57. The summed E-state index contributed by atoms with van der Waals surface area (Å²) in [6, 6.07) is 8.60. The molecule has 1 saturated heterocycles. The van der Waals surface area contributed by atoms with Gasteiger partial charge in [-0.3, -0.25) is 19.3 Å². The average Bonchev–Trinajstić information content (AvgIpc) is 3.20. The fraction of sp³-hybridized carbons (Fsp3) is 0.300. The third kappa shape index (κ3) is 3.13. The maximum Gasteiger partial charge on any atom is 0.256 e. The monoisotopic (exact) mass is 379 g/mol. The lowest BCUT2D eigenvalue weighted by atomic mass is 9.96. The van der Waals surface area contributed by atoms with E-state index in [1.54, 1.807) is 24.3 Å². The van der Waals surface area contributed by atoms with Gasteiger partial charge in [-0.2, -0.15) is 5.26 Å². The van der Waals surface area contributed by atoms with Gasteiger partial charge in [0.25, 0.3) is 5.91 Å². The van der Waals surface area contributed by atoms with E-state index in [-0.39, 0.29) is 30.6 Å². The highest BCUT2D eigenvalue weighted by Gasteiger charge is 2.30. The molecule has 0 saturated carbocycles. The second-order valence-electron chi connectivity index (χ2n) is 6.65. The Labute approximate surface area is 160 Å². The van der Waals surface area contributed by atoms with E-state index in [4.69, 9.17) is 0 Å². The number of imide groups is 1. The predicted molar refractivity (Wildman–Crippen MR) is 102 cm³/mol. The highest BCUT2D eigenvalue weighted by molar-refractivity contribution is 7.16. The number of carbonyl (C=O) groups is 3. The molecule has 0 bridgehead atoms. The molecule has 27 heavy (non-hydrogen) atoms. The van der Waals surface area contributed by atoms with E-state index in [2.05, 4.69) is 11.4 Å². The molecule has 2 heterocycles. The molecule has 0 unspecified atom stereocenters. The Bertz CT molecular complexity index is 969. The summed E-state index contributed by atoms with van der Waals surface area (Å²) in [5, 5.41) is 12.9. The van der Waals surface area contributed by atoms with E-state index >= 15 is 0 Å². The van der Waals surface area contributed by atoms with Crippen LogP contribution in [-0.4, -0.2) is 17.7 Å². The number of anilines is 2. The van der Waals surface area contributed by atoms with E-state index in [0.717, 1.165) is 36.1 Å². The van der Waals surface area contributed by atoms with Crippen molar-refractivity contribution in [2.24, 2.45) is 0 Å². The molecule has 1 aliphatic heterocycles. The predicted octanol–water partition coefficient (Wildman–Crippen LogP) is 3.40. The third-order valence-corrected chi connectivity index (χ3v) is 6.16. The van der Waals surface area contributed by atoms with Crippen LogP contribution >= 0.6 is 11.3 Å². The number of aryl methyl sites for hydroxylation is 1. The van der Waals surface area contributed by atoms with E-state index in [9.17, 15) is 19.6 Å². The minimum absolute atomic E-state index is 0.222. The highest BCUT2D eigenvalue weighted by Crippen LogP contribution is 2.37. The van der Waals surface area contributed by atoms with Crippen LogP contribution < -0.4 is 10.2 Å². The lowest BCUT2D eigenvalue weighted by Gasteiger charge is -2.14. The van der Waals surface area contributed by atoms with Gasteiger partial charge >= 0.3 is 0 Å². The van der Waals surface area contributed by atoms with Crippen LogP contribution in [0, 0.1) is 11.3 Å². The number of fused-ring (bicyclic) bond motifs is 1. The van der Waals surface area contributed by atoms with Crippen molar-refractivity contribution in [3.8, 4) is 6.07 Å². The summed E-state index contributed by atoms with van der Waals surface area (Å²) < 4.78 is 0. The van der Waals surface area contributed by atoms with Crippen molar-refractivity contribution >= 4 is 39.7 Å². The van der Waals surface area contributed by atoms with Crippen molar-refractivity contribution < 1.29 is 14.4 Å². The minimum atomic E-state index is -0.310. The number of thiophene rings is 1. The lowest BCUT2D eigenvalue weighted by molar-refractivity contribution is -0.121. The first-order valence-corrected chi connectivity index (χ1v) is 9.72. The largest absolute Gasteiger partial charge is 0.312 e. The van der Waals surface area contributed by atoms with Crippen LogP contribution in [0.3, 0.4) is 0 Å². The second kappa shape index (κ2) is 6.97. The zero-order valence-electron chi connectivity index (χ0n) is 14.6. The molecule has 0 radical (unpaired) electrons.